The molecule has 5 heteroatoms. The topological polar surface area (TPSA) is 46.8 Å². The number of likely N-dealkylation sites (tertiary alicyclic amines) is 1. The Labute approximate surface area is 154 Å². The molecule has 0 spiro atoms. The highest BCUT2D eigenvalue weighted by Crippen LogP contribution is 2.34. The minimum Gasteiger partial charge on any atom is -0.314 e. The van der Waals surface area contributed by atoms with Crippen LogP contribution in [0.4, 0.5) is 0 Å². The Hall–Kier alpha value is -2.27. The third kappa shape index (κ3) is 2.80. The molecule has 4 heterocycles. The van der Waals surface area contributed by atoms with Crippen molar-refractivity contribution >= 4 is 10.9 Å². The molecule has 134 valence electrons. The first-order valence-corrected chi connectivity index (χ1v) is 9.89. The lowest BCUT2D eigenvalue weighted by Gasteiger charge is -2.25. The molecule has 2 aliphatic heterocycles. The van der Waals surface area contributed by atoms with Crippen molar-refractivity contribution in [1.29, 1.82) is 0 Å². The quantitative estimate of drug-likeness (QED) is 0.721. The van der Waals surface area contributed by atoms with E-state index >= 15 is 0 Å². The lowest BCUT2D eigenvalue weighted by atomic mass is 10.1. The van der Waals surface area contributed by atoms with Crippen molar-refractivity contribution in [3.05, 3.63) is 53.7 Å². The van der Waals surface area contributed by atoms with Crippen LogP contribution in [0.3, 0.4) is 0 Å². The monoisotopic (exact) mass is 347 g/mol. The first kappa shape index (κ1) is 15.9. The van der Waals surface area contributed by atoms with Gasteiger partial charge in [0.1, 0.15) is 11.6 Å². The van der Waals surface area contributed by atoms with E-state index in [2.05, 4.69) is 48.9 Å². The molecule has 1 fully saturated rings. The van der Waals surface area contributed by atoms with E-state index in [9.17, 15) is 0 Å². The number of rotatable bonds is 3. The summed E-state index contributed by atoms with van der Waals surface area (Å²) in [7, 11) is 0. The predicted octanol–water partition coefficient (Wildman–Crippen LogP) is 3.89. The number of aryl methyl sites for hydroxylation is 1. The minimum absolute atomic E-state index is 0.383. The zero-order chi connectivity index (χ0) is 17.3. The number of hydrogen-bond acceptors (Lipinski definition) is 4. The van der Waals surface area contributed by atoms with E-state index in [-0.39, 0.29) is 0 Å². The van der Waals surface area contributed by atoms with E-state index in [0.29, 0.717) is 6.04 Å². The number of para-hydroxylation sites is 1. The van der Waals surface area contributed by atoms with Crippen LogP contribution in [0.15, 0.2) is 36.5 Å². The summed E-state index contributed by atoms with van der Waals surface area (Å²) in [6, 6.07) is 11.0. The molecule has 1 atom stereocenters. The van der Waals surface area contributed by atoms with Crippen molar-refractivity contribution in [2.24, 2.45) is 0 Å². The highest BCUT2D eigenvalue weighted by molar-refractivity contribution is 5.81. The van der Waals surface area contributed by atoms with Crippen molar-refractivity contribution < 1.29 is 0 Å². The second-order valence-electron chi connectivity index (χ2n) is 7.56. The van der Waals surface area contributed by atoms with Gasteiger partial charge in [0.25, 0.3) is 0 Å². The summed E-state index contributed by atoms with van der Waals surface area (Å²) in [5.74, 6) is 2.38. The molecule has 2 aromatic heterocycles. The molecule has 0 radical (unpaired) electrons. The fourth-order valence-electron chi connectivity index (χ4n) is 4.58. The van der Waals surface area contributed by atoms with Crippen molar-refractivity contribution in [2.45, 2.75) is 57.7 Å². The van der Waals surface area contributed by atoms with Crippen LogP contribution in [0.2, 0.25) is 0 Å². The second-order valence-corrected chi connectivity index (χ2v) is 7.56. The van der Waals surface area contributed by atoms with Crippen LogP contribution in [0.1, 0.15) is 55.4 Å². The first-order valence-electron chi connectivity index (χ1n) is 9.89. The van der Waals surface area contributed by atoms with Crippen LogP contribution in [0.25, 0.3) is 10.9 Å². The van der Waals surface area contributed by atoms with E-state index in [4.69, 9.17) is 0 Å². The van der Waals surface area contributed by atoms with Crippen molar-refractivity contribution in [3.8, 4) is 0 Å². The fraction of sp³-hybridized carbons (Fsp3) is 0.476. The molecule has 3 aromatic rings. The van der Waals surface area contributed by atoms with Crippen LogP contribution < -0.4 is 0 Å². The van der Waals surface area contributed by atoms with Crippen LogP contribution in [0, 0.1) is 0 Å². The second kappa shape index (κ2) is 6.80. The Morgan fingerprint density at radius 1 is 0.962 bits per heavy atom. The molecule has 0 bridgehead atoms. The number of fused-ring (bicyclic) bond motifs is 2. The molecule has 5 nitrogen and oxygen atoms in total. The third-order valence-corrected chi connectivity index (χ3v) is 5.89. The molecule has 1 unspecified atom stereocenters. The molecule has 0 aliphatic carbocycles. The molecule has 5 rings (SSSR count). The van der Waals surface area contributed by atoms with Crippen LogP contribution >= 0.6 is 0 Å². The zero-order valence-electron chi connectivity index (χ0n) is 15.1. The summed E-state index contributed by atoms with van der Waals surface area (Å²) in [6.45, 7) is 3.13. The smallest absolute Gasteiger partial charge is 0.150 e. The number of benzene rings is 1. The summed E-state index contributed by atoms with van der Waals surface area (Å²) in [4.78, 5) is 7.21. The largest absolute Gasteiger partial charge is 0.314 e. The van der Waals surface area contributed by atoms with E-state index in [1.807, 2.05) is 12.3 Å². The van der Waals surface area contributed by atoms with Gasteiger partial charge in [-0.3, -0.25) is 9.88 Å². The molecule has 0 saturated carbocycles. The average molecular weight is 347 g/mol. The van der Waals surface area contributed by atoms with Gasteiger partial charge >= 0.3 is 0 Å². The molecule has 1 aromatic carbocycles. The predicted molar refractivity (Wildman–Crippen MR) is 102 cm³/mol. The number of hydrogen-bond donors (Lipinski definition) is 0. The van der Waals surface area contributed by atoms with Gasteiger partial charge in [-0.25, -0.2) is 0 Å². The summed E-state index contributed by atoms with van der Waals surface area (Å²) in [5, 5.41) is 10.4. The lowest BCUT2D eigenvalue weighted by molar-refractivity contribution is 0.235. The SMILES string of the molecule is c1cnc2c(CN3CCCC3c3nnc4n3CCCCC4)cccc2c1. The van der Waals surface area contributed by atoms with Gasteiger partial charge in [0.2, 0.25) is 0 Å². The van der Waals surface area contributed by atoms with Crippen molar-refractivity contribution in [2.75, 3.05) is 6.54 Å². The lowest BCUT2D eigenvalue weighted by Crippen LogP contribution is -2.25. The van der Waals surface area contributed by atoms with Gasteiger partial charge in [0.15, 0.2) is 0 Å². The summed E-state index contributed by atoms with van der Waals surface area (Å²) < 4.78 is 2.41. The van der Waals surface area contributed by atoms with Crippen molar-refractivity contribution in [1.82, 2.24) is 24.6 Å². The Morgan fingerprint density at radius 3 is 2.92 bits per heavy atom. The van der Waals surface area contributed by atoms with Gasteiger partial charge < -0.3 is 4.57 Å². The highest BCUT2D eigenvalue weighted by Gasteiger charge is 2.31. The Kier molecular flexibility index (Phi) is 4.17. The first-order chi connectivity index (χ1) is 12.9. The van der Waals surface area contributed by atoms with Crippen LogP contribution in [0.5, 0.6) is 0 Å². The van der Waals surface area contributed by atoms with Gasteiger partial charge in [-0.2, -0.15) is 0 Å². The molecule has 1 saturated heterocycles. The summed E-state index contributed by atoms with van der Waals surface area (Å²) >= 11 is 0. The molecule has 0 amide bonds. The standard InChI is InChI=1S/C21H25N5/c1-2-11-19-23-24-21(26(19)14-3-1)18-10-6-13-25(18)15-17-8-4-7-16-9-5-12-22-20(16)17/h4-5,7-9,12,18H,1-3,6,10-11,13-15H2. The van der Waals surface area contributed by atoms with Crippen LogP contribution in [-0.2, 0) is 19.5 Å². The van der Waals surface area contributed by atoms with Crippen molar-refractivity contribution in [3.63, 3.8) is 0 Å². The zero-order valence-corrected chi connectivity index (χ0v) is 15.1. The molecular formula is C21H25N5. The molecular weight excluding hydrogens is 322 g/mol. The third-order valence-electron chi connectivity index (χ3n) is 5.89. The Morgan fingerprint density at radius 2 is 1.92 bits per heavy atom. The Balaban J connectivity index is 1.45. The molecule has 2 aliphatic rings. The van der Waals surface area contributed by atoms with Gasteiger partial charge in [0, 0.05) is 31.1 Å². The fourth-order valence-corrected chi connectivity index (χ4v) is 4.58. The average Bonchev–Trinajstić information content (AvgIpc) is 3.22. The van der Waals surface area contributed by atoms with Gasteiger partial charge in [-0.15, -0.1) is 10.2 Å². The summed E-state index contributed by atoms with van der Waals surface area (Å²) in [6.07, 6.45) is 9.17. The maximum atomic E-state index is 4.63. The van der Waals surface area contributed by atoms with E-state index in [0.717, 1.165) is 31.6 Å². The molecule has 0 N–H and O–H groups in total. The van der Waals surface area contributed by atoms with E-state index in [1.54, 1.807) is 0 Å². The van der Waals surface area contributed by atoms with Gasteiger partial charge in [-0.05, 0) is 43.9 Å². The van der Waals surface area contributed by atoms with E-state index in [1.165, 1.54) is 54.7 Å². The highest BCUT2D eigenvalue weighted by atomic mass is 15.3. The van der Waals surface area contributed by atoms with Gasteiger partial charge in [-0.1, -0.05) is 30.7 Å². The number of pyridine rings is 1. The Bertz CT molecular complexity index is 910. The van der Waals surface area contributed by atoms with Crippen LogP contribution in [-0.4, -0.2) is 31.2 Å². The maximum Gasteiger partial charge on any atom is 0.150 e. The number of nitrogens with zero attached hydrogens (tertiary/aromatic N) is 5. The molecule has 26 heavy (non-hydrogen) atoms. The van der Waals surface area contributed by atoms with E-state index < -0.39 is 0 Å². The number of aromatic nitrogens is 4. The summed E-state index contributed by atoms with van der Waals surface area (Å²) in [5.41, 5.74) is 2.44. The normalized spacial score (nSPS) is 21.0. The van der Waals surface area contributed by atoms with Gasteiger partial charge in [0.05, 0.1) is 11.6 Å². The minimum atomic E-state index is 0.383. The maximum absolute atomic E-state index is 4.63.